The molecule has 0 unspecified atom stereocenters. The van der Waals surface area contributed by atoms with E-state index in [0.29, 0.717) is 22.3 Å². The summed E-state index contributed by atoms with van der Waals surface area (Å²) >= 11 is 0. The molecule has 0 aliphatic carbocycles. The minimum atomic E-state index is -1.06. The topological polar surface area (TPSA) is 139 Å². The number of carbonyl (C=O) groups is 1. The smallest absolute Gasteiger partial charge is 0.335 e. The molecule has 0 amide bonds. The number of benzene rings is 4. The summed E-state index contributed by atoms with van der Waals surface area (Å²) in [5, 5.41) is 46.9. The second-order valence-corrected chi connectivity index (χ2v) is 9.89. The average molecular weight is 523 g/mol. The van der Waals surface area contributed by atoms with E-state index in [1.807, 2.05) is 75.4 Å². The number of nitrogens with zero attached hydrogens (tertiary/aromatic N) is 6. The van der Waals surface area contributed by atoms with Crippen LogP contribution in [-0.2, 0) is 5.41 Å². The largest absolute Gasteiger partial charge is 0.506 e. The minimum absolute atomic E-state index is 0.0113. The van der Waals surface area contributed by atoms with Crippen LogP contribution >= 0.6 is 0 Å². The third kappa shape index (κ3) is 5.12. The quantitative estimate of drug-likeness (QED) is 0.286. The summed E-state index contributed by atoms with van der Waals surface area (Å²) in [6, 6.07) is 24.8. The Morgan fingerprint density at radius 3 is 1.54 bits per heavy atom. The second kappa shape index (κ2) is 9.90. The molecule has 0 spiro atoms. The number of carboxylic acid groups (broad SMARTS) is 1. The van der Waals surface area contributed by atoms with Gasteiger partial charge in [-0.3, -0.25) is 0 Å². The average Bonchev–Trinajstić information content (AvgIpc) is 3.53. The monoisotopic (exact) mass is 522 g/mol. The maximum atomic E-state index is 11.4. The van der Waals surface area contributed by atoms with Crippen molar-refractivity contribution >= 4 is 28.0 Å². The second-order valence-electron chi connectivity index (χ2n) is 9.89. The third-order valence-corrected chi connectivity index (χ3v) is 6.03. The summed E-state index contributed by atoms with van der Waals surface area (Å²) in [6.07, 6.45) is 0. The van der Waals surface area contributed by atoms with Gasteiger partial charge in [0, 0.05) is 5.56 Å². The van der Waals surface area contributed by atoms with Crippen LogP contribution in [0, 0.1) is 0 Å². The molecular weight excluding hydrogens is 496 g/mol. The van der Waals surface area contributed by atoms with Crippen molar-refractivity contribution in [2.24, 2.45) is 0 Å². The number of hydrogen-bond acceptors (Lipinski definition) is 7. The molecule has 10 nitrogen and oxygen atoms in total. The fraction of sp³-hybridized carbons (Fsp3) is 0.138. The number of aromatic nitrogens is 6. The summed E-state index contributed by atoms with van der Waals surface area (Å²) in [5.41, 5.74) is 4.01. The zero-order valence-electron chi connectivity index (χ0n) is 21.5. The Balaban J connectivity index is 0.000000168. The Morgan fingerprint density at radius 2 is 1.10 bits per heavy atom. The maximum Gasteiger partial charge on any atom is 0.335 e. The number of phenolic OH excluding ortho intramolecular Hbond substituents is 2. The highest BCUT2D eigenvalue weighted by molar-refractivity contribution is 5.89. The molecule has 10 heteroatoms. The Kier molecular flexibility index (Phi) is 6.45. The first kappa shape index (κ1) is 25.4. The zero-order chi connectivity index (χ0) is 27.7. The minimum Gasteiger partial charge on any atom is -0.506 e. The number of fused-ring (bicyclic) bond motifs is 2. The molecule has 0 aliphatic heterocycles. The Bertz CT molecular complexity index is 1750. The van der Waals surface area contributed by atoms with Gasteiger partial charge in [0.2, 0.25) is 0 Å². The number of aromatic carboxylic acids is 1. The normalized spacial score (nSPS) is 11.4. The molecule has 2 heterocycles. The zero-order valence-corrected chi connectivity index (χ0v) is 21.5. The summed E-state index contributed by atoms with van der Waals surface area (Å²) in [7, 11) is 0. The first-order chi connectivity index (χ1) is 18.6. The van der Waals surface area contributed by atoms with Crippen LogP contribution in [0.1, 0.15) is 36.7 Å². The Labute approximate surface area is 223 Å². The number of carboxylic acids is 1. The van der Waals surface area contributed by atoms with Gasteiger partial charge in [-0.1, -0.05) is 57.2 Å². The molecule has 39 heavy (non-hydrogen) atoms. The highest BCUT2D eigenvalue weighted by Crippen LogP contribution is 2.36. The molecular formula is C29H26N6O4. The first-order valence-corrected chi connectivity index (χ1v) is 12.2. The number of phenols is 2. The van der Waals surface area contributed by atoms with Gasteiger partial charge in [0.05, 0.1) is 5.56 Å². The van der Waals surface area contributed by atoms with Crippen LogP contribution in [0.25, 0.3) is 33.4 Å². The van der Waals surface area contributed by atoms with E-state index in [2.05, 4.69) is 20.4 Å². The SMILES string of the molecule is CC(C)(C)c1cc(C(=O)O)cc(-n2nc3ccccc3n2)c1O.Oc1ccccc1-n1nc2ccccc2n1. The standard InChI is InChI=1S/C17H17N3O3.C12H9N3O/c1-17(2,3)11-8-10(16(22)23)9-14(15(11)21)20-18-12-6-4-5-7-13(12)19-20;16-12-8-4-3-7-11(12)15-13-9-5-1-2-6-10(9)14-15/h4-9,21H,1-3H3,(H,22,23);1-8,16H. The van der Waals surface area contributed by atoms with E-state index in [1.54, 1.807) is 18.2 Å². The molecule has 0 saturated carbocycles. The lowest BCUT2D eigenvalue weighted by molar-refractivity contribution is 0.0696. The highest BCUT2D eigenvalue weighted by atomic mass is 16.4. The van der Waals surface area contributed by atoms with Crippen LogP contribution in [0.4, 0.5) is 0 Å². The Morgan fingerprint density at radius 1 is 0.667 bits per heavy atom. The Hall–Kier alpha value is -5.25. The van der Waals surface area contributed by atoms with Gasteiger partial charge >= 0.3 is 5.97 Å². The van der Waals surface area contributed by atoms with E-state index >= 15 is 0 Å². The van der Waals surface area contributed by atoms with E-state index in [0.717, 1.165) is 11.0 Å². The number of hydrogen-bond donors (Lipinski definition) is 3. The molecule has 196 valence electrons. The number of rotatable bonds is 3. The van der Waals surface area contributed by atoms with E-state index in [4.69, 9.17) is 0 Å². The molecule has 6 aromatic rings. The molecule has 0 fully saturated rings. The predicted octanol–water partition coefficient (Wildman–Crippen LogP) is 5.25. The molecule has 0 saturated heterocycles. The fourth-order valence-corrected chi connectivity index (χ4v) is 4.04. The lowest BCUT2D eigenvalue weighted by Gasteiger charge is -2.22. The lowest BCUT2D eigenvalue weighted by Crippen LogP contribution is -2.15. The first-order valence-electron chi connectivity index (χ1n) is 12.2. The summed E-state index contributed by atoms with van der Waals surface area (Å²) < 4.78 is 0. The van der Waals surface area contributed by atoms with Gasteiger partial charge in [-0.2, -0.15) is 0 Å². The molecule has 2 aromatic heterocycles. The summed E-state index contributed by atoms with van der Waals surface area (Å²) in [4.78, 5) is 14.1. The van der Waals surface area contributed by atoms with Gasteiger partial charge in [0.1, 0.15) is 44.9 Å². The van der Waals surface area contributed by atoms with Crippen LogP contribution in [0.3, 0.4) is 0 Å². The predicted molar refractivity (Wildman–Crippen MR) is 147 cm³/mol. The van der Waals surface area contributed by atoms with Crippen molar-refractivity contribution in [3.63, 3.8) is 0 Å². The van der Waals surface area contributed by atoms with Crippen molar-refractivity contribution in [3.05, 3.63) is 96.1 Å². The highest BCUT2D eigenvalue weighted by Gasteiger charge is 2.24. The van der Waals surface area contributed by atoms with E-state index in [9.17, 15) is 20.1 Å². The van der Waals surface area contributed by atoms with Crippen molar-refractivity contribution < 1.29 is 20.1 Å². The fourth-order valence-electron chi connectivity index (χ4n) is 4.04. The molecule has 0 radical (unpaired) electrons. The van der Waals surface area contributed by atoms with Crippen molar-refractivity contribution in [1.29, 1.82) is 0 Å². The van der Waals surface area contributed by atoms with Crippen LogP contribution < -0.4 is 0 Å². The molecule has 0 bridgehead atoms. The van der Waals surface area contributed by atoms with Gasteiger partial charge < -0.3 is 15.3 Å². The van der Waals surface area contributed by atoms with Crippen molar-refractivity contribution in [2.45, 2.75) is 26.2 Å². The maximum absolute atomic E-state index is 11.4. The molecule has 0 atom stereocenters. The van der Waals surface area contributed by atoms with Crippen molar-refractivity contribution in [1.82, 2.24) is 30.0 Å². The number of aromatic hydroxyl groups is 2. The van der Waals surface area contributed by atoms with Crippen molar-refractivity contribution in [2.75, 3.05) is 0 Å². The lowest BCUT2D eigenvalue weighted by atomic mass is 9.85. The van der Waals surface area contributed by atoms with Gasteiger partial charge in [-0.05, 0) is 53.9 Å². The molecule has 3 N–H and O–H groups in total. The van der Waals surface area contributed by atoms with Crippen LogP contribution in [0.2, 0.25) is 0 Å². The van der Waals surface area contributed by atoms with E-state index in [-0.39, 0.29) is 22.7 Å². The van der Waals surface area contributed by atoms with Crippen molar-refractivity contribution in [3.8, 4) is 22.9 Å². The van der Waals surface area contributed by atoms with Gasteiger partial charge in [0.15, 0.2) is 0 Å². The van der Waals surface area contributed by atoms with E-state index in [1.165, 1.54) is 21.7 Å². The summed E-state index contributed by atoms with van der Waals surface area (Å²) in [6.45, 7) is 5.72. The van der Waals surface area contributed by atoms with Gasteiger partial charge in [-0.25, -0.2) is 4.79 Å². The molecule has 4 aromatic carbocycles. The van der Waals surface area contributed by atoms with E-state index < -0.39 is 11.4 Å². The molecule has 0 aliphatic rings. The van der Waals surface area contributed by atoms with Crippen LogP contribution in [0.5, 0.6) is 11.5 Å². The van der Waals surface area contributed by atoms with Crippen LogP contribution in [0.15, 0.2) is 84.9 Å². The third-order valence-electron chi connectivity index (χ3n) is 6.03. The van der Waals surface area contributed by atoms with Gasteiger partial charge in [-0.15, -0.1) is 30.0 Å². The van der Waals surface area contributed by atoms with Crippen LogP contribution in [-0.4, -0.2) is 51.3 Å². The summed E-state index contributed by atoms with van der Waals surface area (Å²) in [5.74, 6) is -0.904. The molecule has 6 rings (SSSR count). The van der Waals surface area contributed by atoms with Gasteiger partial charge in [0.25, 0.3) is 0 Å². The number of para-hydroxylation sites is 2.